The van der Waals surface area contributed by atoms with Gasteiger partial charge in [0.2, 0.25) is 0 Å². The Bertz CT molecular complexity index is 1260. The van der Waals surface area contributed by atoms with Crippen molar-refractivity contribution >= 4 is 27.8 Å². The summed E-state index contributed by atoms with van der Waals surface area (Å²) in [4.78, 5) is 18.8. The molecule has 4 aromatic rings. The molecule has 1 N–H and O–H groups in total. The van der Waals surface area contributed by atoms with Crippen LogP contribution in [0, 0.1) is 0 Å². The molecule has 0 bridgehead atoms. The topological polar surface area (TPSA) is 72.3 Å². The van der Waals surface area contributed by atoms with Gasteiger partial charge in [-0.1, -0.05) is 48.5 Å². The second kappa shape index (κ2) is 9.91. The number of aromatic nitrogens is 2. The summed E-state index contributed by atoms with van der Waals surface area (Å²) in [7, 11) is 0. The van der Waals surface area contributed by atoms with Gasteiger partial charge < -0.3 is 9.84 Å². The summed E-state index contributed by atoms with van der Waals surface area (Å²) >= 11 is 0. The lowest BCUT2D eigenvalue weighted by Crippen LogP contribution is -2.29. The first-order chi connectivity index (χ1) is 15.7. The maximum absolute atomic E-state index is 13.7. The number of fused-ring (bicyclic) bond motifs is 2. The second-order valence-corrected chi connectivity index (χ2v) is 6.94. The van der Waals surface area contributed by atoms with Crippen LogP contribution in [0.25, 0.3) is 21.8 Å². The number of nitrogens with zero attached hydrogens (tertiary/aromatic N) is 2. The minimum absolute atomic E-state index is 0.0952. The highest BCUT2D eigenvalue weighted by Crippen LogP contribution is 2.29. The molecule has 0 radical (unpaired) electrons. The molecular weight excluding hydrogens is 440 g/mol. The molecule has 4 rings (SSSR count). The van der Waals surface area contributed by atoms with Crippen molar-refractivity contribution in [2.24, 2.45) is 0 Å². The lowest BCUT2D eigenvalue weighted by molar-refractivity contribution is -0.173. The number of halogens is 4. The molecule has 0 aliphatic carbocycles. The number of carbonyl (C=O) groups is 1. The fraction of sp³-hybridized carbons (Fsp3) is 0.208. The maximum atomic E-state index is 13.7. The van der Waals surface area contributed by atoms with E-state index in [1.165, 1.54) is 19.1 Å². The predicted molar refractivity (Wildman–Crippen MR) is 115 cm³/mol. The van der Waals surface area contributed by atoms with Gasteiger partial charge in [0.15, 0.2) is 0 Å². The van der Waals surface area contributed by atoms with Crippen molar-refractivity contribution < 1.29 is 32.2 Å². The number of para-hydroxylation sites is 2. The van der Waals surface area contributed by atoms with E-state index in [0.717, 1.165) is 16.8 Å². The number of benzene rings is 2. The van der Waals surface area contributed by atoms with Crippen molar-refractivity contribution in [2.45, 2.75) is 18.8 Å². The van der Waals surface area contributed by atoms with E-state index in [-0.39, 0.29) is 6.61 Å². The smallest absolute Gasteiger partial charge is 0.384 e. The Morgan fingerprint density at radius 2 is 1.30 bits per heavy atom. The van der Waals surface area contributed by atoms with Gasteiger partial charge in [-0.15, -0.1) is 0 Å². The zero-order chi connectivity index (χ0) is 24.1. The van der Waals surface area contributed by atoms with E-state index in [1.54, 1.807) is 48.5 Å². The molecule has 5 nitrogen and oxygen atoms in total. The van der Waals surface area contributed by atoms with E-state index < -0.39 is 35.8 Å². The average molecular weight is 460 g/mol. The standard InChI is InChI=1S/C13H11F2NO2.C11H9F2NO/c1-2-18-12(17)13(14,15)11-8-7-9-5-3-4-6-10(9)16-11;12-11(13,7-15)10-6-5-8-3-1-2-4-9(8)14-10/h3-8H,2H2,1H3;1-6,15H,7H2. The first kappa shape index (κ1) is 24.1. The number of carbonyl (C=O) groups excluding carboxylic acids is 1. The highest BCUT2D eigenvalue weighted by molar-refractivity contribution is 5.82. The molecule has 0 saturated carbocycles. The van der Waals surface area contributed by atoms with Gasteiger partial charge in [-0.3, -0.25) is 0 Å². The third-order valence-electron chi connectivity index (χ3n) is 4.62. The number of aliphatic hydroxyl groups excluding tert-OH is 1. The van der Waals surface area contributed by atoms with E-state index in [9.17, 15) is 22.4 Å². The average Bonchev–Trinajstić information content (AvgIpc) is 2.84. The van der Waals surface area contributed by atoms with Gasteiger partial charge in [-0.05, 0) is 31.2 Å². The minimum Gasteiger partial charge on any atom is -0.461 e. The lowest BCUT2D eigenvalue weighted by atomic mass is 10.1. The van der Waals surface area contributed by atoms with Gasteiger partial charge in [-0.2, -0.15) is 17.6 Å². The summed E-state index contributed by atoms with van der Waals surface area (Å²) in [6.07, 6.45) is 0. The molecule has 0 fully saturated rings. The number of aliphatic hydroxyl groups is 1. The Balaban J connectivity index is 0.000000189. The number of ether oxygens (including phenoxy) is 1. The van der Waals surface area contributed by atoms with E-state index in [4.69, 9.17) is 5.11 Å². The van der Waals surface area contributed by atoms with Crippen LogP contribution in [0.3, 0.4) is 0 Å². The van der Waals surface area contributed by atoms with Crippen LogP contribution in [0.5, 0.6) is 0 Å². The third-order valence-corrected chi connectivity index (χ3v) is 4.62. The quantitative estimate of drug-likeness (QED) is 0.327. The molecule has 0 atom stereocenters. The van der Waals surface area contributed by atoms with Gasteiger partial charge in [0.1, 0.15) is 18.0 Å². The number of hydrogen-bond donors (Lipinski definition) is 1. The molecule has 2 aromatic heterocycles. The second-order valence-electron chi connectivity index (χ2n) is 6.94. The highest BCUT2D eigenvalue weighted by atomic mass is 19.3. The minimum atomic E-state index is -3.72. The van der Waals surface area contributed by atoms with Crippen LogP contribution < -0.4 is 0 Å². The van der Waals surface area contributed by atoms with Crippen molar-refractivity contribution in [3.63, 3.8) is 0 Å². The van der Waals surface area contributed by atoms with Gasteiger partial charge in [0.05, 0.1) is 17.6 Å². The molecule has 2 aromatic carbocycles. The lowest BCUT2D eigenvalue weighted by Gasteiger charge is -2.14. The van der Waals surface area contributed by atoms with Gasteiger partial charge in [-0.25, -0.2) is 14.8 Å². The van der Waals surface area contributed by atoms with Crippen LogP contribution in [0.4, 0.5) is 17.6 Å². The number of rotatable bonds is 5. The van der Waals surface area contributed by atoms with Crippen molar-refractivity contribution in [3.05, 3.63) is 84.2 Å². The molecule has 0 amide bonds. The number of pyridine rings is 2. The Hall–Kier alpha value is -3.59. The van der Waals surface area contributed by atoms with Crippen LogP contribution in [0.15, 0.2) is 72.8 Å². The van der Waals surface area contributed by atoms with Crippen molar-refractivity contribution in [1.29, 1.82) is 0 Å². The molecule has 2 heterocycles. The largest absolute Gasteiger partial charge is 0.461 e. The zero-order valence-electron chi connectivity index (χ0n) is 17.5. The number of hydrogen-bond acceptors (Lipinski definition) is 5. The summed E-state index contributed by atoms with van der Waals surface area (Å²) in [5.74, 6) is -8.57. The number of esters is 1. The summed E-state index contributed by atoms with van der Waals surface area (Å²) in [5.41, 5.74) is -0.0783. The predicted octanol–water partition coefficient (Wildman–Crippen LogP) is 5.21. The SMILES string of the molecule is CCOC(=O)C(F)(F)c1ccc2ccccc2n1.OCC(F)(F)c1ccc2ccccc2n1. The molecule has 33 heavy (non-hydrogen) atoms. The fourth-order valence-corrected chi connectivity index (χ4v) is 2.92. The Morgan fingerprint density at radius 3 is 1.82 bits per heavy atom. The molecular formula is C24H20F4N2O3. The van der Waals surface area contributed by atoms with Crippen LogP contribution in [0.1, 0.15) is 18.3 Å². The zero-order valence-corrected chi connectivity index (χ0v) is 17.5. The Morgan fingerprint density at radius 1 is 0.818 bits per heavy atom. The normalized spacial score (nSPS) is 11.7. The molecule has 172 valence electrons. The molecule has 0 unspecified atom stereocenters. The van der Waals surface area contributed by atoms with Gasteiger partial charge in [0.25, 0.3) is 0 Å². The van der Waals surface area contributed by atoms with Crippen LogP contribution in [-0.4, -0.2) is 34.3 Å². The van der Waals surface area contributed by atoms with Crippen LogP contribution in [0.2, 0.25) is 0 Å². The van der Waals surface area contributed by atoms with E-state index in [0.29, 0.717) is 11.0 Å². The van der Waals surface area contributed by atoms with Crippen LogP contribution >= 0.6 is 0 Å². The van der Waals surface area contributed by atoms with E-state index >= 15 is 0 Å². The maximum Gasteiger partial charge on any atom is 0.384 e. The van der Waals surface area contributed by atoms with Crippen LogP contribution in [-0.2, 0) is 21.4 Å². The molecule has 0 aliphatic heterocycles. The van der Waals surface area contributed by atoms with Crippen molar-refractivity contribution in [1.82, 2.24) is 9.97 Å². The summed E-state index contributed by atoms with van der Waals surface area (Å²) in [5, 5.41) is 10.1. The summed E-state index contributed by atoms with van der Waals surface area (Å²) in [6, 6.07) is 19.3. The van der Waals surface area contributed by atoms with Gasteiger partial charge >= 0.3 is 17.8 Å². The summed E-state index contributed by atoms with van der Waals surface area (Å²) in [6.45, 7) is 0.155. The Kier molecular flexibility index (Phi) is 7.23. The first-order valence-corrected chi connectivity index (χ1v) is 9.95. The molecule has 0 aliphatic rings. The molecule has 9 heteroatoms. The Labute approximate surface area is 186 Å². The number of alkyl halides is 4. The van der Waals surface area contributed by atoms with E-state index in [2.05, 4.69) is 14.7 Å². The van der Waals surface area contributed by atoms with Crippen molar-refractivity contribution in [2.75, 3.05) is 13.2 Å². The monoisotopic (exact) mass is 460 g/mol. The summed E-state index contributed by atoms with van der Waals surface area (Å²) < 4.78 is 58.0. The molecule has 0 spiro atoms. The third kappa shape index (κ3) is 5.43. The van der Waals surface area contributed by atoms with E-state index in [1.807, 2.05) is 6.07 Å². The van der Waals surface area contributed by atoms with Crippen molar-refractivity contribution in [3.8, 4) is 0 Å². The fourth-order valence-electron chi connectivity index (χ4n) is 2.92. The first-order valence-electron chi connectivity index (χ1n) is 9.95. The van der Waals surface area contributed by atoms with Gasteiger partial charge in [0, 0.05) is 10.8 Å². The highest BCUT2D eigenvalue weighted by Gasteiger charge is 2.44. The molecule has 0 saturated heterocycles.